The van der Waals surface area contributed by atoms with E-state index >= 15 is 0 Å². The summed E-state index contributed by atoms with van der Waals surface area (Å²) >= 11 is 0. The molecule has 0 amide bonds. The van der Waals surface area contributed by atoms with Crippen LogP contribution in [0, 0.1) is 5.82 Å². The first kappa shape index (κ1) is 23.0. The Balaban J connectivity index is 1.31. The summed E-state index contributed by atoms with van der Waals surface area (Å²) in [5.74, 6) is 1.08. The van der Waals surface area contributed by atoms with Crippen molar-refractivity contribution in [2.45, 2.75) is 70.1 Å². The van der Waals surface area contributed by atoms with Crippen molar-refractivity contribution in [2.75, 3.05) is 20.3 Å². The highest BCUT2D eigenvalue weighted by Crippen LogP contribution is 2.39. The lowest BCUT2D eigenvalue weighted by molar-refractivity contribution is -0.289. The van der Waals surface area contributed by atoms with Crippen LogP contribution in [-0.2, 0) is 14.2 Å². The lowest BCUT2D eigenvalue weighted by Gasteiger charge is -2.42. The molecule has 0 spiro atoms. The molecule has 4 rings (SSSR count). The largest absolute Gasteiger partial charge is 0.497 e. The molecule has 32 heavy (non-hydrogen) atoms. The zero-order chi connectivity index (χ0) is 22.3. The summed E-state index contributed by atoms with van der Waals surface area (Å²) in [5.41, 5.74) is 1.52. The first-order chi connectivity index (χ1) is 15.7. The lowest BCUT2D eigenvalue weighted by Crippen LogP contribution is -2.45. The van der Waals surface area contributed by atoms with Gasteiger partial charge in [-0.15, -0.1) is 0 Å². The van der Waals surface area contributed by atoms with Crippen LogP contribution in [-0.4, -0.2) is 32.5 Å². The van der Waals surface area contributed by atoms with Crippen LogP contribution >= 0.6 is 0 Å². The minimum Gasteiger partial charge on any atom is -0.497 e. The van der Waals surface area contributed by atoms with Crippen molar-refractivity contribution in [3.05, 3.63) is 59.4 Å². The second-order valence-corrected chi connectivity index (χ2v) is 8.45. The van der Waals surface area contributed by atoms with Crippen molar-refractivity contribution in [3.63, 3.8) is 0 Å². The Labute approximate surface area is 189 Å². The summed E-state index contributed by atoms with van der Waals surface area (Å²) in [6.45, 7) is 3.21. The zero-order valence-corrected chi connectivity index (χ0v) is 18.9. The second kappa shape index (κ2) is 11.1. The molecule has 0 saturated carbocycles. The molecule has 2 fully saturated rings. The zero-order valence-electron chi connectivity index (χ0n) is 18.9. The van der Waals surface area contributed by atoms with Crippen molar-refractivity contribution in [1.29, 1.82) is 0 Å². The Kier molecular flexibility index (Phi) is 8.00. The molecule has 0 aromatic heterocycles. The number of fused-ring (bicyclic) bond motifs is 1. The number of halogens is 1. The predicted molar refractivity (Wildman–Crippen MR) is 119 cm³/mol. The number of hydrogen-bond donors (Lipinski definition) is 0. The molecule has 174 valence electrons. The molecule has 0 unspecified atom stereocenters. The number of unbranched alkanes of at least 4 members (excludes halogenated alkanes) is 3. The van der Waals surface area contributed by atoms with Crippen LogP contribution in [0.15, 0.2) is 42.5 Å². The average Bonchev–Trinajstić information content (AvgIpc) is 2.83. The molecular weight excluding hydrogens is 411 g/mol. The van der Waals surface area contributed by atoms with Crippen molar-refractivity contribution in [3.8, 4) is 11.5 Å². The van der Waals surface area contributed by atoms with Crippen LogP contribution in [0.4, 0.5) is 4.39 Å². The summed E-state index contributed by atoms with van der Waals surface area (Å²) in [6, 6.07) is 12.8. The molecule has 2 aliphatic heterocycles. The molecule has 2 heterocycles. The number of methoxy groups -OCH3 is 1. The van der Waals surface area contributed by atoms with Crippen LogP contribution in [0.2, 0.25) is 0 Å². The van der Waals surface area contributed by atoms with Gasteiger partial charge in [0.15, 0.2) is 6.29 Å². The molecule has 0 aliphatic carbocycles. The molecule has 6 heteroatoms. The molecule has 2 saturated heterocycles. The third kappa shape index (κ3) is 5.61. The summed E-state index contributed by atoms with van der Waals surface area (Å²) < 4.78 is 44.0. The van der Waals surface area contributed by atoms with E-state index in [1.165, 1.54) is 18.9 Å². The maximum Gasteiger partial charge on any atom is 0.184 e. The van der Waals surface area contributed by atoms with E-state index in [0.717, 1.165) is 30.6 Å². The predicted octanol–water partition coefficient (Wildman–Crippen LogP) is 6.13. The first-order valence-electron chi connectivity index (χ1n) is 11.7. The van der Waals surface area contributed by atoms with E-state index in [2.05, 4.69) is 6.92 Å². The van der Waals surface area contributed by atoms with Gasteiger partial charge in [0.05, 0.1) is 32.5 Å². The maximum atomic E-state index is 14.8. The molecule has 5 nitrogen and oxygen atoms in total. The molecular formula is C26H33FO5. The second-order valence-electron chi connectivity index (χ2n) is 8.45. The van der Waals surface area contributed by atoms with E-state index < -0.39 is 6.29 Å². The summed E-state index contributed by atoms with van der Waals surface area (Å²) in [7, 11) is 1.64. The highest BCUT2D eigenvalue weighted by Gasteiger charge is 2.39. The van der Waals surface area contributed by atoms with Crippen molar-refractivity contribution < 1.29 is 28.1 Å². The standard InChI is InChI=1S/C26H33FO5/c1-3-4-5-6-15-29-20-11-12-21(22(27)16-20)23-13-14-24-25(31-23)17-30-26(32-24)18-7-9-19(28-2)10-8-18/h7-12,16,23-26H,3-6,13-15,17H2,1-2H3/t23-,24+,25-,26-/m1/s1. The number of rotatable bonds is 9. The van der Waals surface area contributed by atoms with Gasteiger partial charge in [-0.05, 0) is 43.5 Å². The normalized spacial score (nSPS) is 25.2. The summed E-state index contributed by atoms with van der Waals surface area (Å²) in [5, 5.41) is 0. The molecule has 4 atom stereocenters. The molecule has 2 aliphatic rings. The van der Waals surface area contributed by atoms with Crippen molar-refractivity contribution in [2.24, 2.45) is 0 Å². The Morgan fingerprint density at radius 1 is 0.938 bits per heavy atom. The fourth-order valence-corrected chi connectivity index (χ4v) is 4.29. The van der Waals surface area contributed by atoms with Crippen LogP contribution in [0.25, 0.3) is 0 Å². The maximum absolute atomic E-state index is 14.8. The molecule has 2 aromatic rings. The number of ether oxygens (including phenoxy) is 5. The van der Waals surface area contributed by atoms with E-state index in [9.17, 15) is 4.39 Å². The van der Waals surface area contributed by atoms with Crippen LogP contribution in [0.3, 0.4) is 0 Å². The van der Waals surface area contributed by atoms with Gasteiger partial charge in [-0.2, -0.15) is 0 Å². The minimum absolute atomic E-state index is 0.0686. The van der Waals surface area contributed by atoms with Gasteiger partial charge in [-0.1, -0.05) is 38.3 Å². The Morgan fingerprint density at radius 2 is 1.75 bits per heavy atom. The smallest absolute Gasteiger partial charge is 0.184 e. The highest BCUT2D eigenvalue weighted by molar-refractivity contribution is 5.31. The molecule has 0 bridgehead atoms. The third-order valence-corrected chi connectivity index (χ3v) is 6.15. The van der Waals surface area contributed by atoms with Gasteiger partial charge < -0.3 is 23.7 Å². The Bertz CT molecular complexity index is 856. The van der Waals surface area contributed by atoms with E-state index in [0.29, 0.717) is 30.9 Å². The van der Waals surface area contributed by atoms with Crippen molar-refractivity contribution in [1.82, 2.24) is 0 Å². The van der Waals surface area contributed by atoms with Crippen LogP contribution in [0.1, 0.15) is 69.0 Å². The molecule has 2 aromatic carbocycles. The van der Waals surface area contributed by atoms with Crippen molar-refractivity contribution >= 4 is 0 Å². The van der Waals surface area contributed by atoms with E-state index in [1.807, 2.05) is 30.3 Å². The van der Waals surface area contributed by atoms with Crippen LogP contribution in [0.5, 0.6) is 11.5 Å². The molecule has 0 radical (unpaired) electrons. The van der Waals surface area contributed by atoms with Gasteiger partial charge in [0.25, 0.3) is 0 Å². The minimum atomic E-state index is -0.423. The van der Waals surface area contributed by atoms with Gasteiger partial charge in [0.1, 0.15) is 23.4 Å². The fourth-order valence-electron chi connectivity index (χ4n) is 4.29. The Morgan fingerprint density at radius 3 is 2.50 bits per heavy atom. The SMILES string of the molecule is CCCCCCOc1ccc([C@H]2CC[C@@H]3O[C@H](c4ccc(OC)cc4)OC[C@H]3O2)c(F)c1. The van der Waals surface area contributed by atoms with Crippen LogP contribution < -0.4 is 9.47 Å². The van der Waals surface area contributed by atoms with Gasteiger partial charge in [0, 0.05) is 17.2 Å². The lowest BCUT2D eigenvalue weighted by atomic mass is 9.95. The topological polar surface area (TPSA) is 46.2 Å². The van der Waals surface area contributed by atoms with Gasteiger partial charge in [-0.25, -0.2) is 4.39 Å². The first-order valence-corrected chi connectivity index (χ1v) is 11.7. The van der Waals surface area contributed by atoms with E-state index in [-0.39, 0.29) is 24.1 Å². The monoisotopic (exact) mass is 444 g/mol. The third-order valence-electron chi connectivity index (χ3n) is 6.15. The quantitative estimate of drug-likeness (QED) is 0.436. The van der Waals surface area contributed by atoms with E-state index in [4.69, 9.17) is 23.7 Å². The highest BCUT2D eigenvalue weighted by atomic mass is 19.1. The van der Waals surface area contributed by atoms with Gasteiger partial charge in [-0.3, -0.25) is 0 Å². The summed E-state index contributed by atoms with van der Waals surface area (Å²) in [4.78, 5) is 0. The van der Waals surface area contributed by atoms with E-state index in [1.54, 1.807) is 13.2 Å². The fraction of sp³-hybridized carbons (Fsp3) is 0.538. The number of benzene rings is 2. The molecule has 0 N–H and O–H groups in total. The number of hydrogen-bond acceptors (Lipinski definition) is 5. The Hall–Kier alpha value is -2.15. The summed E-state index contributed by atoms with van der Waals surface area (Å²) in [6.07, 6.45) is 5.00. The average molecular weight is 445 g/mol. The van der Waals surface area contributed by atoms with Gasteiger partial charge in [0.2, 0.25) is 0 Å². The van der Waals surface area contributed by atoms with Gasteiger partial charge >= 0.3 is 0 Å².